The van der Waals surface area contributed by atoms with Crippen molar-refractivity contribution >= 4 is 51.7 Å². The maximum absolute atomic E-state index is 13.6. The highest BCUT2D eigenvalue weighted by molar-refractivity contribution is 6.04. The molecule has 3 amide bonds. The largest absolute Gasteiger partial charge is 0.368 e. The Morgan fingerprint density at radius 3 is 2.15 bits per heavy atom. The molecule has 4 aromatic heterocycles. The van der Waals surface area contributed by atoms with Crippen LogP contribution in [0.15, 0.2) is 54.6 Å². The second kappa shape index (κ2) is 15.1. The van der Waals surface area contributed by atoms with Gasteiger partial charge >= 0.3 is 0 Å². The number of nitrogens with zero attached hydrogens (tertiary/aromatic N) is 8. The van der Waals surface area contributed by atoms with Gasteiger partial charge in [0.1, 0.15) is 5.69 Å². The summed E-state index contributed by atoms with van der Waals surface area (Å²) in [5.74, 6) is -0.964. The summed E-state index contributed by atoms with van der Waals surface area (Å²) >= 11 is 0. The first-order chi connectivity index (χ1) is 25.4. The first-order valence-electron chi connectivity index (χ1n) is 17.2. The van der Waals surface area contributed by atoms with Gasteiger partial charge < -0.3 is 36.8 Å². The first-order valence-corrected chi connectivity index (χ1v) is 17.2. The number of primary amides is 2. The van der Waals surface area contributed by atoms with Crippen LogP contribution in [0.3, 0.4) is 0 Å². The van der Waals surface area contributed by atoms with E-state index in [4.69, 9.17) is 27.2 Å². The number of hydrogen-bond donors (Lipinski definition) is 6. The fraction of sp³-hybridized carbons (Fsp3) is 0.306. The Bertz CT molecular complexity index is 2380. The monoisotopic (exact) mass is 721 g/mol. The third kappa shape index (κ3) is 7.38. The van der Waals surface area contributed by atoms with E-state index >= 15 is 0 Å². The summed E-state index contributed by atoms with van der Waals surface area (Å²) in [4.78, 5) is 47.2. The number of amides is 3. The van der Waals surface area contributed by atoms with Gasteiger partial charge in [-0.15, -0.1) is 0 Å². The number of imidazole rings is 2. The molecule has 9 N–H and O–H groups in total. The van der Waals surface area contributed by atoms with Gasteiger partial charge in [0.25, 0.3) is 5.91 Å². The molecule has 6 aromatic rings. The Balaban J connectivity index is 1.36. The van der Waals surface area contributed by atoms with E-state index in [-0.39, 0.29) is 18.1 Å². The molecule has 0 bridgehead atoms. The zero-order valence-electron chi connectivity index (χ0n) is 30.0. The van der Waals surface area contributed by atoms with Crippen LogP contribution in [0.25, 0.3) is 22.1 Å². The lowest BCUT2D eigenvalue weighted by atomic mass is 10.1. The van der Waals surface area contributed by atoms with Crippen molar-refractivity contribution in [1.82, 2.24) is 38.7 Å². The minimum absolute atomic E-state index is 0.261. The Hall–Kier alpha value is -6.33. The van der Waals surface area contributed by atoms with Crippen LogP contribution in [0.4, 0.5) is 11.9 Å². The van der Waals surface area contributed by atoms with E-state index < -0.39 is 23.9 Å². The molecule has 276 valence electrons. The molecule has 0 radical (unpaired) electrons. The number of hydrogen-bond acceptors (Lipinski definition) is 10. The van der Waals surface area contributed by atoms with Crippen molar-refractivity contribution < 1.29 is 19.5 Å². The van der Waals surface area contributed by atoms with Crippen LogP contribution in [0.5, 0.6) is 0 Å². The third-order valence-corrected chi connectivity index (χ3v) is 8.83. The highest BCUT2D eigenvalue weighted by Gasteiger charge is 2.22. The molecule has 53 heavy (non-hydrogen) atoms. The topological polar surface area (TPSA) is 245 Å². The zero-order valence-corrected chi connectivity index (χ0v) is 30.0. The van der Waals surface area contributed by atoms with Crippen LogP contribution >= 0.6 is 0 Å². The van der Waals surface area contributed by atoms with E-state index in [0.717, 1.165) is 11.3 Å². The summed E-state index contributed by atoms with van der Waals surface area (Å²) in [7, 11) is 0. The average molecular weight is 722 g/mol. The van der Waals surface area contributed by atoms with Crippen LogP contribution in [-0.2, 0) is 32.6 Å². The molecule has 0 saturated carbocycles. The number of aliphatic hydroxyl groups excluding tert-OH is 1. The number of anilines is 2. The van der Waals surface area contributed by atoms with Gasteiger partial charge in [0.15, 0.2) is 6.23 Å². The van der Waals surface area contributed by atoms with E-state index in [1.54, 1.807) is 51.8 Å². The number of aliphatic hydroxyl groups is 1. The van der Waals surface area contributed by atoms with E-state index in [1.165, 1.54) is 0 Å². The van der Waals surface area contributed by atoms with Crippen LogP contribution in [0.1, 0.15) is 73.9 Å². The van der Waals surface area contributed by atoms with Gasteiger partial charge in [-0.05, 0) is 88.7 Å². The Morgan fingerprint density at radius 2 is 1.47 bits per heavy atom. The Labute approximate surface area is 304 Å². The number of rotatable bonds is 15. The number of fused-ring (bicyclic) bond motifs is 2. The third-order valence-electron chi connectivity index (χ3n) is 8.83. The van der Waals surface area contributed by atoms with Crippen LogP contribution in [0, 0.1) is 13.8 Å². The van der Waals surface area contributed by atoms with Crippen molar-refractivity contribution in [2.75, 3.05) is 17.2 Å². The SMILES string of the molecule is CCn1nc(C)cc1C(=O)Nc1nc2cc(C(N)=O)cc(CCN)c2n1C/C=C/Cn1c(NC(O)c2cc(C)nn2CC)nc2cc(C(N)=O)ccc21. The fourth-order valence-corrected chi connectivity index (χ4v) is 6.42. The van der Waals surface area contributed by atoms with E-state index in [9.17, 15) is 19.5 Å². The molecule has 17 heteroatoms. The number of allylic oxidation sites excluding steroid dienone is 2. The molecule has 1 atom stereocenters. The number of aryl methyl sites for hydroxylation is 4. The van der Waals surface area contributed by atoms with E-state index in [1.807, 2.05) is 49.0 Å². The maximum atomic E-state index is 13.6. The zero-order chi connectivity index (χ0) is 38.0. The van der Waals surface area contributed by atoms with Gasteiger partial charge in [-0.1, -0.05) is 12.2 Å². The fourth-order valence-electron chi connectivity index (χ4n) is 6.42. The molecule has 0 aliphatic carbocycles. The summed E-state index contributed by atoms with van der Waals surface area (Å²) in [5.41, 5.74) is 23.3. The number of aromatic nitrogens is 8. The lowest BCUT2D eigenvalue weighted by Gasteiger charge is -2.16. The second-order valence-electron chi connectivity index (χ2n) is 12.6. The smallest absolute Gasteiger partial charge is 0.276 e. The predicted molar refractivity (Wildman–Crippen MR) is 200 cm³/mol. The second-order valence-corrected chi connectivity index (χ2v) is 12.6. The molecule has 4 heterocycles. The molecule has 0 saturated heterocycles. The van der Waals surface area contributed by atoms with Crippen molar-refractivity contribution in [2.45, 2.75) is 66.5 Å². The standard InChI is InChI=1S/C36H43N13O4/c1-5-48-28(15-20(3)44-48)33(52)42-35-40-25-18-23(31(38)50)9-10-27(25)46(35)13-7-8-14-47-30-22(11-12-37)17-24(32(39)51)19-26(30)41-36(47)43-34(53)29-16-21(4)45-49(29)6-2/h7-10,15-19,33,52H,5-6,11-14,37H2,1-4H3,(H2,38,50)(H2,39,51)(H,40,42)(H,41,43,53)/b8-7+. The average Bonchev–Trinajstić information content (AvgIpc) is 3.88. The molecular formula is C36H43N13O4. The molecule has 0 aliphatic rings. The number of nitrogens with one attached hydrogen (secondary N) is 2. The van der Waals surface area contributed by atoms with Crippen molar-refractivity contribution in [3.63, 3.8) is 0 Å². The molecule has 6 rings (SSSR count). The van der Waals surface area contributed by atoms with Crippen LogP contribution in [-0.4, -0.2) is 68.0 Å². The molecule has 0 fully saturated rings. The molecular weight excluding hydrogens is 678 g/mol. The van der Waals surface area contributed by atoms with Crippen LogP contribution < -0.4 is 27.8 Å². The summed E-state index contributed by atoms with van der Waals surface area (Å²) in [5, 5.41) is 26.1. The van der Waals surface area contributed by atoms with E-state index in [2.05, 4.69) is 20.8 Å². The van der Waals surface area contributed by atoms with Crippen molar-refractivity contribution in [3.05, 3.63) is 94.1 Å². The number of benzene rings is 2. The number of nitrogens with two attached hydrogens (primary N) is 3. The molecule has 1 unspecified atom stereocenters. The molecule has 2 aromatic carbocycles. The quantitative estimate of drug-likeness (QED) is 0.0669. The molecule has 0 spiro atoms. The summed E-state index contributed by atoms with van der Waals surface area (Å²) in [6, 6.07) is 11.8. The van der Waals surface area contributed by atoms with Crippen molar-refractivity contribution in [1.29, 1.82) is 0 Å². The lowest BCUT2D eigenvalue weighted by molar-refractivity contribution is 0.0992. The summed E-state index contributed by atoms with van der Waals surface area (Å²) < 4.78 is 7.03. The first kappa shape index (κ1) is 36.5. The normalized spacial score (nSPS) is 12.3. The van der Waals surface area contributed by atoms with Crippen molar-refractivity contribution in [3.8, 4) is 0 Å². The Morgan fingerprint density at radius 1 is 0.830 bits per heavy atom. The van der Waals surface area contributed by atoms with E-state index in [0.29, 0.717) is 83.3 Å². The highest BCUT2D eigenvalue weighted by atomic mass is 16.3. The number of carbonyl (C=O) groups excluding carboxylic acids is 3. The summed E-state index contributed by atoms with van der Waals surface area (Å²) in [6.07, 6.45) is 3.12. The lowest BCUT2D eigenvalue weighted by Crippen LogP contribution is -2.20. The Kier molecular flexibility index (Phi) is 10.4. The number of carbonyl (C=O) groups is 3. The minimum atomic E-state index is -1.13. The van der Waals surface area contributed by atoms with Gasteiger partial charge in [-0.3, -0.25) is 29.1 Å². The predicted octanol–water partition coefficient (Wildman–Crippen LogP) is 2.75. The van der Waals surface area contributed by atoms with Gasteiger partial charge in [0.2, 0.25) is 23.7 Å². The van der Waals surface area contributed by atoms with Crippen LogP contribution in [0.2, 0.25) is 0 Å². The van der Waals surface area contributed by atoms with Gasteiger partial charge in [-0.25, -0.2) is 9.97 Å². The van der Waals surface area contributed by atoms with Gasteiger partial charge in [0.05, 0.1) is 39.1 Å². The minimum Gasteiger partial charge on any atom is -0.368 e. The molecule has 17 nitrogen and oxygen atoms in total. The summed E-state index contributed by atoms with van der Waals surface area (Å²) in [6.45, 7) is 9.44. The van der Waals surface area contributed by atoms with Gasteiger partial charge in [0, 0.05) is 37.3 Å². The van der Waals surface area contributed by atoms with Crippen molar-refractivity contribution in [2.24, 2.45) is 17.2 Å². The highest BCUT2D eigenvalue weighted by Crippen LogP contribution is 2.28. The maximum Gasteiger partial charge on any atom is 0.276 e. The molecule has 0 aliphatic heterocycles. The van der Waals surface area contributed by atoms with Gasteiger partial charge in [-0.2, -0.15) is 10.2 Å².